The van der Waals surface area contributed by atoms with Crippen LogP contribution in [0.4, 0.5) is 11.4 Å². The molecule has 0 aliphatic rings. The van der Waals surface area contributed by atoms with Crippen molar-refractivity contribution in [2.45, 2.75) is 0 Å². The largest absolute Gasteiger partial charge is 0.496 e. The quantitative estimate of drug-likeness (QED) is 0.447. The molecule has 142 valence electrons. The van der Waals surface area contributed by atoms with Gasteiger partial charge in [-0.3, -0.25) is 10.9 Å². The van der Waals surface area contributed by atoms with Crippen LogP contribution < -0.4 is 20.3 Å². The molecule has 28 heavy (non-hydrogen) atoms. The summed E-state index contributed by atoms with van der Waals surface area (Å²) in [7, 11) is 3.24. The van der Waals surface area contributed by atoms with E-state index >= 15 is 0 Å². The Balaban J connectivity index is 1.77. The fraction of sp³-hybridized carbons (Fsp3) is 0.0909. The van der Waals surface area contributed by atoms with Crippen molar-refractivity contribution in [3.05, 3.63) is 83.9 Å². The van der Waals surface area contributed by atoms with Crippen molar-refractivity contribution in [1.82, 2.24) is 0 Å². The summed E-state index contributed by atoms with van der Waals surface area (Å²) >= 11 is 0. The van der Waals surface area contributed by atoms with Crippen molar-refractivity contribution < 1.29 is 9.47 Å². The zero-order valence-electron chi connectivity index (χ0n) is 15.8. The lowest BCUT2D eigenvalue weighted by atomic mass is 10.1. The zero-order valence-corrected chi connectivity index (χ0v) is 15.8. The van der Waals surface area contributed by atoms with Gasteiger partial charge in [0.15, 0.2) is 0 Å². The van der Waals surface area contributed by atoms with E-state index in [9.17, 15) is 0 Å². The molecule has 2 N–H and O–H groups in total. The molecule has 3 aromatic carbocycles. The van der Waals surface area contributed by atoms with E-state index in [4.69, 9.17) is 9.47 Å². The summed E-state index contributed by atoms with van der Waals surface area (Å²) in [6.45, 7) is 0. The average Bonchev–Trinajstić information content (AvgIpc) is 2.75. The topological polar surface area (TPSA) is 67.2 Å². The molecular weight excluding hydrogens is 352 g/mol. The maximum Gasteiger partial charge on any atom is 0.128 e. The second kappa shape index (κ2) is 9.78. The minimum atomic E-state index is 0.667. The Labute approximate surface area is 164 Å². The first-order valence-electron chi connectivity index (χ1n) is 8.74. The Bertz CT molecular complexity index is 862. The summed E-state index contributed by atoms with van der Waals surface area (Å²) in [5, 5.41) is 8.54. The Morgan fingerprint density at radius 1 is 0.643 bits per heavy atom. The SMILES string of the molecule is COc1cc(/C=N/Nc2ccccc2)c(OC)cc1/C=N/Nc1ccccc1. The molecule has 0 radical (unpaired) electrons. The molecule has 0 amide bonds. The summed E-state index contributed by atoms with van der Waals surface area (Å²) in [4.78, 5) is 0. The molecule has 6 nitrogen and oxygen atoms in total. The monoisotopic (exact) mass is 374 g/mol. The molecule has 0 unspecified atom stereocenters. The third kappa shape index (κ3) is 5.11. The van der Waals surface area contributed by atoms with Gasteiger partial charge < -0.3 is 9.47 Å². The summed E-state index contributed by atoms with van der Waals surface area (Å²) in [6, 6.07) is 23.2. The second-order valence-electron chi connectivity index (χ2n) is 5.81. The summed E-state index contributed by atoms with van der Waals surface area (Å²) in [5.41, 5.74) is 9.35. The van der Waals surface area contributed by atoms with E-state index < -0.39 is 0 Å². The van der Waals surface area contributed by atoms with Gasteiger partial charge in [0.25, 0.3) is 0 Å². The number of nitrogens with zero attached hydrogens (tertiary/aromatic N) is 2. The first kappa shape index (κ1) is 19.0. The van der Waals surface area contributed by atoms with Crippen molar-refractivity contribution in [2.24, 2.45) is 10.2 Å². The molecule has 0 aliphatic heterocycles. The molecule has 0 aromatic heterocycles. The smallest absolute Gasteiger partial charge is 0.128 e. The number of benzene rings is 3. The molecule has 0 fully saturated rings. The summed E-state index contributed by atoms with van der Waals surface area (Å²) in [6.07, 6.45) is 3.38. The summed E-state index contributed by atoms with van der Waals surface area (Å²) in [5.74, 6) is 1.33. The van der Waals surface area contributed by atoms with Crippen LogP contribution in [0.2, 0.25) is 0 Å². The van der Waals surface area contributed by atoms with Gasteiger partial charge in [0.2, 0.25) is 0 Å². The van der Waals surface area contributed by atoms with Crippen molar-refractivity contribution in [1.29, 1.82) is 0 Å². The minimum Gasteiger partial charge on any atom is -0.496 e. The van der Waals surface area contributed by atoms with E-state index in [2.05, 4.69) is 21.1 Å². The molecule has 0 heterocycles. The van der Waals surface area contributed by atoms with Crippen LogP contribution in [0.3, 0.4) is 0 Å². The molecule has 0 saturated heterocycles. The lowest BCUT2D eigenvalue weighted by Crippen LogP contribution is -1.99. The van der Waals surface area contributed by atoms with Crippen LogP contribution in [-0.2, 0) is 0 Å². The Hall–Kier alpha value is -3.80. The normalized spacial score (nSPS) is 10.9. The van der Waals surface area contributed by atoms with Gasteiger partial charge in [0.05, 0.1) is 38.0 Å². The van der Waals surface area contributed by atoms with Crippen LogP contribution in [0, 0.1) is 0 Å². The number of methoxy groups -OCH3 is 2. The van der Waals surface area contributed by atoms with Gasteiger partial charge in [-0.25, -0.2) is 0 Å². The van der Waals surface area contributed by atoms with Crippen molar-refractivity contribution in [2.75, 3.05) is 25.1 Å². The van der Waals surface area contributed by atoms with Crippen molar-refractivity contribution in [3.8, 4) is 11.5 Å². The van der Waals surface area contributed by atoms with Crippen LogP contribution >= 0.6 is 0 Å². The lowest BCUT2D eigenvalue weighted by molar-refractivity contribution is 0.402. The third-order valence-corrected chi connectivity index (χ3v) is 3.92. The first-order chi connectivity index (χ1) is 13.8. The van der Waals surface area contributed by atoms with Gasteiger partial charge >= 0.3 is 0 Å². The number of hydrogen-bond donors (Lipinski definition) is 2. The van der Waals surface area contributed by atoms with Gasteiger partial charge in [-0.2, -0.15) is 10.2 Å². The highest BCUT2D eigenvalue weighted by atomic mass is 16.5. The van der Waals surface area contributed by atoms with Crippen LogP contribution in [0.25, 0.3) is 0 Å². The highest BCUT2D eigenvalue weighted by Gasteiger charge is 2.09. The van der Waals surface area contributed by atoms with Crippen LogP contribution in [0.1, 0.15) is 11.1 Å². The van der Waals surface area contributed by atoms with E-state index in [1.165, 1.54) is 0 Å². The molecule has 0 atom stereocenters. The van der Waals surface area contributed by atoms with Gasteiger partial charge in [-0.1, -0.05) is 36.4 Å². The molecule has 3 aromatic rings. The molecule has 0 saturated carbocycles. The maximum absolute atomic E-state index is 5.50. The molecule has 0 aliphatic carbocycles. The lowest BCUT2D eigenvalue weighted by Gasteiger charge is -2.10. The predicted octanol–water partition coefficient (Wildman–Crippen LogP) is 4.60. The number of ether oxygens (including phenoxy) is 2. The minimum absolute atomic E-state index is 0.667. The molecule has 0 bridgehead atoms. The molecule has 6 heteroatoms. The number of nitrogens with one attached hydrogen (secondary N) is 2. The van der Waals surface area contributed by atoms with Crippen LogP contribution in [-0.4, -0.2) is 26.6 Å². The Morgan fingerprint density at radius 3 is 1.39 bits per heavy atom. The van der Waals surface area contributed by atoms with Crippen LogP contribution in [0.15, 0.2) is 83.0 Å². The number of para-hydroxylation sites is 2. The van der Waals surface area contributed by atoms with E-state index in [1.54, 1.807) is 26.6 Å². The number of rotatable bonds is 8. The average molecular weight is 374 g/mol. The number of hydrogen-bond acceptors (Lipinski definition) is 6. The predicted molar refractivity (Wildman–Crippen MR) is 115 cm³/mol. The first-order valence-corrected chi connectivity index (χ1v) is 8.74. The van der Waals surface area contributed by atoms with Gasteiger partial charge in [-0.05, 0) is 36.4 Å². The van der Waals surface area contributed by atoms with E-state index in [0.29, 0.717) is 11.5 Å². The van der Waals surface area contributed by atoms with Crippen LogP contribution in [0.5, 0.6) is 11.5 Å². The fourth-order valence-corrected chi connectivity index (χ4v) is 2.52. The highest BCUT2D eigenvalue weighted by Crippen LogP contribution is 2.27. The standard InChI is InChI=1S/C22H22N4O2/c1-27-21-13-18(16-24-26-20-11-7-4-8-12-20)22(28-2)14-17(21)15-23-25-19-9-5-3-6-10-19/h3-16,25-26H,1-2H3/b23-15+,24-16+. The second-order valence-corrected chi connectivity index (χ2v) is 5.81. The van der Waals surface area contributed by atoms with E-state index in [0.717, 1.165) is 22.5 Å². The molecule has 0 spiro atoms. The van der Waals surface area contributed by atoms with E-state index in [1.807, 2.05) is 72.8 Å². The maximum atomic E-state index is 5.50. The van der Waals surface area contributed by atoms with Gasteiger partial charge in [0, 0.05) is 11.1 Å². The molecule has 3 rings (SSSR count). The molecular formula is C22H22N4O2. The Morgan fingerprint density at radius 2 is 1.04 bits per heavy atom. The summed E-state index contributed by atoms with van der Waals surface area (Å²) < 4.78 is 11.0. The van der Waals surface area contributed by atoms with Crippen molar-refractivity contribution >= 4 is 23.8 Å². The number of hydrazone groups is 2. The number of anilines is 2. The van der Waals surface area contributed by atoms with Gasteiger partial charge in [-0.15, -0.1) is 0 Å². The Kier molecular flexibility index (Phi) is 6.62. The zero-order chi connectivity index (χ0) is 19.6. The van der Waals surface area contributed by atoms with Gasteiger partial charge in [0.1, 0.15) is 11.5 Å². The fourth-order valence-electron chi connectivity index (χ4n) is 2.52. The van der Waals surface area contributed by atoms with Crippen molar-refractivity contribution in [3.63, 3.8) is 0 Å². The third-order valence-electron chi connectivity index (χ3n) is 3.92. The van der Waals surface area contributed by atoms with E-state index in [-0.39, 0.29) is 0 Å². The highest BCUT2D eigenvalue weighted by molar-refractivity contribution is 5.91.